The highest BCUT2D eigenvalue weighted by Gasteiger charge is 2.22. The molecule has 1 saturated heterocycles. The summed E-state index contributed by atoms with van der Waals surface area (Å²) in [5.74, 6) is 0. The molecule has 0 aromatic carbocycles. The number of β-amino-alcohol motifs (C(OH)–C–C–N with tert-alkyl or cyclic N) is 1. The van der Waals surface area contributed by atoms with E-state index in [-0.39, 0.29) is 6.10 Å². The zero-order valence-electron chi connectivity index (χ0n) is 8.15. The monoisotopic (exact) mass is 212 g/mol. The Kier molecular flexibility index (Phi) is 3.53. The Morgan fingerprint density at radius 3 is 3.07 bits per heavy atom. The third-order valence-corrected chi connectivity index (χ3v) is 3.34. The Bertz CT molecular complexity index is 257. The summed E-state index contributed by atoms with van der Waals surface area (Å²) in [7, 11) is 0. The Labute approximate surface area is 88.4 Å². The molecule has 2 rings (SSSR count). The summed E-state index contributed by atoms with van der Waals surface area (Å²) in [6, 6.07) is 4.26. The molecule has 14 heavy (non-hydrogen) atoms. The van der Waals surface area contributed by atoms with Crippen molar-refractivity contribution in [2.24, 2.45) is 0 Å². The van der Waals surface area contributed by atoms with Crippen LogP contribution in [0.1, 0.15) is 4.88 Å². The van der Waals surface area contributed by atoms with Gasteiger partial charge in [-0.25, -0.2) is 0 Å². The molecular weight excluding hydrogens is 196 g/mol. The van der Waals surface area contributed by atoms with Gasteiger partial charge in [-0.15, -0.1) is 11.3 Å². The van der Waals surface area contributed by atoms with Crippen LogP contribution in [0.25, 0.3) is 0 Å². The van der Waals surface area contributed by atoms with Gasteiger partial charge < -0.3 is 10.4 Å². The molecule has 3 nitrogen and oxygen atoms in total. The number of thiophene rings is 1. The fraction of sp³-hybridized carbons (Fsp3) is 0.600. The summed E-state index contributed by atoms with van der Waals surface area (Å²) >= 11 is 1.81. The van der Waals surface area contributed by atoms with Gasteiger partial charge >= 0.3 is 0 Å². The number of aliphatic hydroxyl groups is 1. The van der Waals surface area contributed by atoms with Gasteiger partial charge in [0.05, 0.1) is 6.10 Å². The molecule has 1 aromatic rings. The van der Waals surface area contributed by atoms with E-state index in [0.29, 0.717) is 0 Å². The maximum atomic E-state index is 9.06. The van der Waals surface area contributed by atoms with Gasteiger partial charge in [0.25, 0.3) is 0 Å². The Morgan fingerprint density at radius 1 is 1.57 bits per heavy atom. The molecule has 1 aliphatic heterocycles. The number of aliphatic hydroxyl groups excluding tert-OH is 1. The minimum absolute atomic E-state index is 0.0888. The normalized spacial score (nSPS) is 18.4. The largest absolute Gasteiger partial charge is 0.390 e. The van der Waals surface area contributed by atoms with Gasteiger partial charge in [-0.1, -0.05) is 6.07 Å². The molecule has 0 radical (unpaired) electrons. The van der Waals surface area contributed by atoms with E-state index in [1.165, 1.54) is 4.88 Å². The highest BCUT2D eigenvalue weighted by Crippen LogP contribution is 2.08. The van der Waals surface area contributed by atoms with Crippen LogP contribution in [0.3, 0.4) is 0 Å². The highest BCUT2D eigenvalue weighted by molar-refractivity contribution is 7.09. The lowest BCUT2D eigenvalue weighted by Crippen LogP contribution is -2.53. The minimum Gasteiger partial charge on any atom is -0.390 e. The fourth-order valence-electron chi connectivity index (χ4n) is 1.58. The molecule has 0 saturated carbocycles. The van der Waals surface area contributed by atoms with E-state index < -0.39 is 0 Å². The van der Waals surface area contributed by atoms with Crippen molar-refractivity contribution >= 4 is 11.3 Å². The van der Waals surface area contributed by atoms with E-state index in [1.807, 2.05) is 11.3 Å². The van der Waals surface area contributed by atoms with Gasteiger partial charge in [0.15, 0.2) is 0 Å². The van der Waals surface area contributed by atoms with E-state index in [9.17, 15) is 0 Å². The van der Waals surface area contributed by atoms with Gasteiger partial charge in [0.1, 0.15) is 0 Å². The van der Waals surface area contributed by atoms with Gasteiger partial charge in [-0.3, -0.25) is 4.90 Å². The molecule has 78 valence electrons. The van der Waals surface area contributed by atoms with Crippen molar-refractivity contribution in [2.45, 2.75) is 12.5 Å². The lowest BCUT2D eigenvalue weighted by atomic mass is 10.2. The van der Waals surface area contributed by atoms with E-state index in [4.69, 9.17) is 5.11 Å². The Balaban J connectivity index is 1.52. The minimum atomic E-state index is -0.0888. The van der Waals surface area contributed by atoms with Crippen LogP contribution in [-0.2, 0) is 6.42 Å². The van der Waals surface area contributed by atoms with Crippen LogP contribution in [0.2, 0.25) is 0 Å². The second-order valence-electron chi connectivity index (χ2n) is 3.68. The lowest BCUT2D eigenvalue weighted by Gasteiger charge is -2.35. The van der Waals surface area contributed by atoms with Crippen molar-refractivity contribution in [1.29, 1.82) is 0 Å². The Hall–Kier alpha value is -0.420. The van der Waals surface area contributed by atoms with Crippen LogP contribution in [0.5, 0.6) is 0 Å². The zero-order valence-corrected chi connectivity index (χ0v) is 8.96. The Morgan fingerprint density at radius 2 is 2.43 bits per heavy atom. The predicted molar refractivity (Wildman–Crippen MR) is 58.5 cm³/mol. The molecular formula is C10H16N2OS. The second kappa shape index (κ2) is 4.89. The van der Waals surface area contributed by atoms with Crippen molar-refractivity contribution in [3.63, 3.8) is 0 Å². The van der Waals surface area contributed by atoms with Crippen LogP contribution in [0.4, 0.5) is 0 Å². The van der Waals surface area contributed by atoms with E-state index in [1.54, 1.807) is 0 Å². The molecule has 0 atom stereocenters. The standard InChI is InChI=1S/C10H16N2OS/c13-9-6-12(7-9)8-11-4-3-10-2-1-5-14-10/h1-2,5,9,11,13H,3-4,6-8H2. The molecule has 1 aromatic heterocycles. The average molecular weight is 212 g/mol. The summed E-state index contributed by atoms with van der Waals surface area (Å²) < 4.78 is 0. The average Bonchev–Trinajstić information content (AvgIpc) is 2.61. The van der Waals surface area contributed by atoms with Gasteiger partial charge in [-0.2, -0.15) is 0 Å². The third-order valence-electron chi connectivity index (χ3n) is 2.40. The molecule has 1 aliphatic rings. The van der Waals surface area contributed by atoms with Crippen LogP contribution in [0, 0.1) is 0 Å². The maximum Gasteiger partial charge on any atom is 0.0794 e. The number of hydrogen-bond acceptors (Lipinski definition) is 4. The number of hydrogen-bond donors (Lipinski definition) is 2. The third kappa shape index (κ3) is 2.78. The first-order valence-electron chi connectivity index (χ1n) is 4.98. The van der Waals surface area contributed by atoms with Crippen LogP contribution in [-0.4, -0.2) is 42.4 Å². The number of likely N-dealkylation sites (tertiary alicyclic amines) is 1. The first kappa shape index (κ1) is 10.1. The number of nitrogens with zero attached hydrogens (tertiary/aromatic N) is 1. The lowest BCUT2D eigenvalue weighted by molar-refractivity contribution is -0.00216. The molecule has 1 fully saturated rings. The van der Waals surface area contributed by atoms with Crippen molar-refractivity contribution in [3.05, 3.63) is 22.4 Å². The smallest absolute Gasteiger partial charge is 0.0794 e. The fourth-order valence-corrected chi connectivity index (χ4v) is 2.28. The quantitative estimate of drug-likeness (QED) is 0.698. The van der Waals surface area contributed by atoms with Crippen molar-refractivity contribution in [2.75, 3.05) is 26.3 Å². The van der Waals surface area contributed by atoms with Gasteiger partial charge in [-0.05, 0) is 17.9 Å². The molecule has 2 heterocycles. The van der Waals surface area contributed by atoms with Crippen LogP contribution >= 0.6 is 11.3 Å². The first-order chi connectivity index (χ1) is 6.84. The SMILES string of the molecule is OC1CN(CNCCc2cccs2)C1. The summed E-state index contributed by atoms with van der Waals surface area (Å²) in [6.07, 6.45) is 1.02. The van der Waals surface area contributed by atoms with Crippen molar-refractivity contribution < 1.29 is 5.11 Å². The molecule has 4 heteroatoms. The van der Waals surface area contributed by atoms with Gasteiger partial charge in [0, 0.05) is 31.2 Å². The van der Waals surface area contributed by atoms with Gasteiger partial charge in [0.2, 0.25) is 0 Å². The summed E-state index contributed by atoms with van der Waals surface area (Å²) in [4.78, 5) is 3.64. The molecule has 0 amide bonds. The molecule has 0 bridgehead atoms. The maximum absolute atomic E-state index is 9.06. The summed E-state index contributed by atoms with van der Waals surface area (Å²) in [5.41, 5.74) is 0. The molecule has 0 aliphatic carbocycles. The van der Waals surface area contributed by atoms with Crippen LogP contribution in [0.15, 0.2) is 17.5 Å². The number of nitrogens with one attached hydrogen (secondary N) is 1. The summed E-state index contributed by atoms with van der Waals surface area (Å²) in [6.45, 7) is 3.58. The topological polar surface area (TPSA) is 35.5 Å². The molecule has 2 N–H and O–H groups in total. The van der Waals surface area contributed by atoms with E-state index >= 15 is 0 Å². The molecule has 0 unspecified atom stereocenters. The van der Waals surface area contributed by atoms with Crippen LogP contribution < -0.4 is 5.32 Å². The highest BCUT2D eigenvalue weighted by atomic mass is 32.1. The van der Waals surface area contributed by atoms with Crippen molar-refractivity contribution in [3.8, 4) is 0 Å². The summed E-state index contributed by atoms with van der Waals surface area (Å²) in [5, 5.41) is 14.5. The zero-order chi connectivity index (χ0) is 9.80. The first-order valence-corrected chi connectivity index (χ1v) is 5.86. The van der Waals surface area contributed by atoms with E-state index in [2.05, 4.69) is 27.7 Å². The van der Waals surface area contributed by atoms with E-state index in [0.717, 1.165) is 32.7 Å². The number of rotatable bonds is 5. The predicted octanol–water partition coefficient (Wildman–Crippen LogP) is 0.514. The second-order valence-corrected chi connectivity index (χ2v) is 4.71. The van der Waals surface area contributed by atoms with Crippen molar-refractivity contribution in [1.82, 2.24) is 10.2 Å². The molecule has 0 spiro atoms.